The highest BCUT2D eigenvalue weighted by atomic mass is 79.9. The maximum absolute atomic E-state index is 13.4. The predicted molar refractivity (Wildman–Crippen MR) is 154 cm³/mol. The lowest BCUT2D eigenvalue weighted by Crippen LogP contribution is -2.36. The molecule has 1 heterocycles. The minimum Gasteiger partial charge on any atom is -0.490 e. The van der Waals surface area contributed by atoms with Crippen LogP contribution < -0.4 is 20.1 Å². The van der Waals surface area contributed by atoms with Crippen LogP contribution in [-0.2, 0) is 14.4 Å². The summed E-state index contributed by atoms with van der Waals surface area (Å²) in [6, 6.07) is 13.6. The Morgan fingerprint density at radius 3 is 2.34 bits per heavy atom. The number of hydrogen-bond donors (Lipinski definition) is 2. The van der Waals surface area contributed by atoms with E-state index in [0.29, 0.717) is 27.5 Å². The normalized spacial score (nSPS) is 13.9. The fourth-order valence-corrected chi connectivity index (χ4v) is 4.87. The summed E-state index contributed by atoms with van der Waals surface area (Å²) in [6.45, 7) is 1.12. The van der Waals surface area contributed by atoms with Gasteiger partial charge in [-0.1, -0.05) is 22.0 Å². The second-order valence-corrected chi connectivity index (χ2v) is 10.3. The SMILES string of the molecule is CCOc1cc(/C=C2/SC(=O)N(CC(=O)Nc3cccc(F)c3)C2=O)c(Br)cc1OCC(=O)Nc1ccc(F)cc1. The Morgan fingerprint density at radius 1 is 0.927 bits per heavy atom. The molecule has 1 aliphatic rings. The first-order valence-electron chi connectivity index (χ1n) is 12.1. The number of amides is 4. The van der Waals surface area contributed by atoms with E-state index in [4.69, 9.17) is 9.47 Å². The number of nitrogens with zero attached hydrogens (tertiary/aromatic N) is 1. The number of imide groups is 1. The van der Waals surface area contributed by atoms with Gasteiger partial charge in [0.2, 0.25) is 5.91 Å². The van der Waals surface area contributed by atoms with Crippen LogP contribution in [0.25, 0.3) is 6.08 Å². The second-order valence-electron chi connectivity index (χ2n) is 8.42. The molecular weight excluding hydrogens is 624 g/mol. The average Bonchev–Trinajstić information content (AvgIpc) is 3.18. The van der Waals surface area contributed by atoms with Crippen LogP contribution in [-0.4, -0.2) is 47.6 Å². The van der Waals surface area contributed by atoms with E-state index in [9.17, 15) is 28.0 Å². The Bertz CT molecular complexity index is 1530. The fourth-order valence-electron chi connectivity index (χ4n) is 3.60. The molecule has 4 rings (SSSR count). The molecule has 212 valence electrons. The summed E-state index contributed by atoms with van der Waals surface area (Å²) in [7, 11) is 0. The molecule has 4 amide bonds. The van der Waals surface area contributed by atoms with Crippen molar-refractivity contribution in [1.82, 2.24) is 4.90 Å². The zero-order chi connectivity index (χ0) is 29.5. The summed E-state index contributed by atoms with van der Waals surface area (Å²) in [5.74, 6) is -2.26. The van der Waals surface area contributed by atoms with Gasteiger partial charge in [-0.05, 0) is 84.9 Å². The van der Waals surface area contributed by atoms with Crippen molar-refractivity contribution in [1.29, 1.82) is 0 Å². The highest BCUT2D eigenvalue weighted by molar-refractivity contribution is 9.10. The van der Waals surface area contributed by atoms with Gasteiger partial charge in [-0.2, -0.15) is 0 Å². The number of nitrogens with one attached hydrogen (secondary N) is 2. The van der Waals surface area contributed by atoms with E-state index in [1.54, 1.807) is 19.1 Å². The number of carbonyl (C=O) groups excluding carboxylic acids is 4. The van der Waals surface area contributed by atoms with Gasteiger partial charge in [0.25, 0.3) is 17.1 Å². The van der Waals surface area contributed by atoms with Gasteiger partial charge in [0.15, 0.2) is 18.1 Å². The number of thioether (sulfide) groups is 1. The molecule has 9 nitrogen and oxygen atoms in total. The van der Waals surface area contributed by atoms with Crippen molar-refractivity contribution in [2.24, 2.45) is 0 Å². The third-order valence-electron chi connectivity index (χ3n) is 5.42. The van der Waals surface area contributed by atoms with Gasteiger partial charge in [0.1, 0.15) is 18.2 Å². The van der Waals surface area contributed by atoms with E-state index in [1.807, 2.05) is 0 Å². The van der Waals surface area contributed by atoms with Crippen LogP contribution in [0.4, 0.5) is 25.0 Å². The second kappa shape index (κ2) is 13.4. The summed E-state index contributed by atoms with van der Waals surface area (Å²) in [5.41, 5.74) is 1.08. The molecule has 3 aromatic carbocycles. The molecule has 0 bridgehead atoms. The minimum absolute atomic E-state index is 0.0732. The third kappa shape index (κ3) is 7.92. The summed E-state index contributed by atoms with van der Waals surface area (Å²) in [4.78, 5) is 51.0. The molecule has 3 aromatic rings. The Balaban J connectivity index is 1.44. The molecule has 0 aromatic heterocycles. The van der Waals surface area contributed by atoms with Gasteiger partial charge in [0.05, 0.1) is 11.5 Å². The molecule has 2 N–H and O–H groups in total. The van der Waals surface area contributed by atoms with Gasteiger partial charge in [-0.25, -0.2) is 8.78 Å². The number of ether oxygens (including phenoxy) is 2. The lowest BCUT2D eigenvalue weighted by atomic mass is 10.1. The molecule has 0 spiro atoms. The van der Waals surface area contributed by atoms with Crippen LogP contribution in [0, 0.1) is 11.6 Å². The topological polar surface area (TPSA) is 114 Å². The summed E-state index contributed by atoms with van der Waals surface area (Å²) in [5, 5.41) is 4.41. The van der Waals surface area contributed by atoms with Crippen molar-refractivity contribution in [3.63, 3.8) is 0 Å². The minimum atomic E-state index is -0.669. The fraction of sp³-hybridized carbons (Fsp3) is 0.143. The van der Waals surface area contributed by atoms with Gasteiger partial charge >= 0.3 is 0 Å². The van der Waals surface area contributed by atoms with Crippen molar-refractivity contribution in [3.05, 3.63) is 87.2 Å². The van der Waals surface area contributed by atoms with Crippen LogP contribution in [0.2, 0.25) is 0 Å². The molecule has 41 heavy (non-hydrogen) atoms. The van der Waals surface area contributed by atoms with Crippen LogP contribution in [0.15, 0.2) is 70.0 Å². The van der Waals surface area contributed by atoms with E-state index in [2.05, 4.69) is 26.6 Å². The Kier molecular flexibility index (Phi) is 9.73. The maximum Gasteiger partial charge on any atom is 0.294 e. The average molecular weight is 646 g/mol. The van der Waals surface area contributed by atoms with Crippen molar-refractivity contribution in [2.45, 2.75) is 6.92 Å². The number of anilines is 2. The molecule has 0 radical (unpaired) electrons. The zero-order valence-corrected chi connectivity index (χ0v) is 23.8. The number of carbonyl (C=O) groups is 4. The van der Waals surface area contributed by atoms with Crippen molar-refractivity contribution in [3.8, 4) is 11.5 Å². The van der Waals surface area contributed by atoms with Crippen LogP contribution in [0.3, 0.4) is 0 Å². The predicted octanol–water partition coefficient (Wildman–Crippen LogP) is 5.82. The first-order valence-corrected chi connectivity index (χ1v) is 13.7. The van der Waals surface area contributed by atoms with Gasteiger partial charge in [-0.3, -0.25) is 24.1 Å². The number of rotatable bonds is 10. The lowest BCUT2D eigenvalue weighted by molar-refractivity contribution is -0.127. The van der Waals surface area contributed by atoms with E-state index in [-0.39, 0.29) is 35.3 Å². The Hall–Kier alpha value is -4.23. The molecule has 1 saturated heterocycles. The van der Waals surface area contributed by atoms with Gasteiger partial charge in [0, 0.05) is 15.8 Å². The quantitative estimate of drug-likeness (QED) is 0.267. The van der Waals surface area contributed by atoms with E-state index >= 15 is 0 Å². The van der Waals surface area contributed by atoms with Crippen molar-refractivity contribution >= 4 is 68.1 Å². The van der Waals surface area contributed by atoms with Crippen molar-refractivity contribution in [2.75, 3.05) is 30.4 Å². The first kappa shape index (κ1) is 29.7. The molecule has 1 fully saturated rings. The van der Waals surface area contributed by atoms with Crippen molar-refractivity contribution < 1.29 is 37.4 Å². The maximum atomic E-state index is 13.4. The highest BCUT2D eigenvalue weighted by Gasteiger charge is 2.36. The molecule has 0 aliphatic carbocycles. The van der Waals surface area contributed by atoms with E-state index in [0.717, 1.165) is 11.0 Å². The Morgan fingerprint density at radius 2 is 1.63 bits per heavy atom. The summed E-state index contributed by atoms with van der Waals surface area (Å²) in [6.07, 6.45) is 1.47. The number of benzene rings is 3. The zero-order valence-electron chi connectivity index (χ0n) is 21.4. The number of halogens is 3. The van der Waals surface area contributed by atoms with Crippen LogP contribution >= 0.6 is 27.7 Å². The van der Waals surface area contributed by atoms with Crippen LogP contribution in [0.1, 0.15) is 12.5 Å². The Labute approximate surface area is 246 Å². The highest BCUT2D eigenvalue weighted by Crippen LogP contribution is 2.38. The van der Waals surface area contributed by atoms with Crippen LogP contribution in [0.5, 0.6) is 11.5 Å². The molecular formula is C28H22BrF2N3O6S. The molecule has 1 aliphatic heterocycles. The van der Waals surface area contributed by atoms with Gasteiger partial charge < -0.3 is 20.1 Å². The molecule has 0 saturated carbocycles. The lowest BCUT2D eigenvalue weighted by Gasteiger charge is -2.14. The van der Waals surface area contributed by atoms with E-state index in [1.165, 1.54) is 48.5 Å². The molecule has 13 heteroatoms. The third-order valence-corrected chi connectivity index (χ3v) is 7.01. The standard InChI is InChI=1S/C28H22BrF2N3O6S/c1-2-39-22-10-16(21(29)13-23(22)40-15-26(36)32-19-8-6-17(30)7-9-19)11-24-27(37)34(28(38)41-24)14-25(35)33-20-5-3-4-18(31)12-20/h3-13H,2,14-15H2,1H3,(H,32,36)(H,33,35)/b24-11+. The summed E-state index contributed by atoms with van der Waals surface area (Å²) < 4.78 is 38.2. The number of hydrogen-bond acceptors (Lipinski definition) is 7. The first-order chi connectivity index (χ1) is 19.6. The summed E-state index contributed by atoms with van der Waals surface area (Å²) >= 11 is 4.08. The van der Waals surface area contributed by atoms with Gasteiger partial charge in [-0.15, -0.1) is 0 Å². The smallest absolute Gasteiger partial charge is 0.294 e. The largest absolute Gasteiger partial charge is 0.490 e. The monoisotopic (exact) mass is 645 g/mol. The molecule has 0 atom stereocenters. The molecule has 0 unspecified atom stereocenters. The van der Waals surface area contributed by atoms with E-state index < -0.39 is 41.1 Å².